The topological polar surface area (TPSA) is 10.8 Å². The number of anilines is 2. The fraction of sp³-hybridized carbons (Fsp3) is 0.375. The normalized spacial score (nSPS) is 16.5. The van der Waals surface area contributed by atoms with Gasteiger partial charge in [0.25, 0.3) is 0 Å². The van der Waals surface area contributed by atoms with Crippen molar-refractivity contribution < 1.29 is 0 Å². The summed E-state index contributed by atoms with van der Waals surface area (Å²) in [4.78, 5) is 8.26. The SMILES string of the molecule is [C-]#[N+]c1ccc(C)c(N2C=CN(c3c(C(C)C)cccc3C(C)C)[C@@H]2C)c1. The molecule has 0 amide bonds. The summed E-state index contributed by atoms with van der Waals surface area (Å²) in [7, 11) is 0. The molecule has 0 aliphatic carbocycles. The second kappa shape index (κ2) is 7.48. The van der Waals surface area contributed by atoms with Gasteiger partial charge in [-0.15, -0.1) is 0 Å². The molecule has 0 aromatic heterocycles. The van der Waals surface area contributed by atoms with Crippen LogP contribution in [0.2, 0.25) is 0 Å². The first kappa shape index (κ1) is 19.0. The summed E-state index contributed by atoms with van der Waals surface area (Å²) in [6.45, 7) is 20.7. The maximum atomic E-state index is 7.33. The molecule has 27 heavy (non-hydrogen) atoms. The molecule has 2 aromatic carbocycles. The second-order valence-corrected chi connectivity index (χ2v) is 7.92. The van der Waals surface area contributed by atoms with Crippen LogP contribution >= 0.6 is 0 Å². The van der Waals surface area contributed by atoms with Gasteiger partial charge in [-0.25, -0.2) is 4.85 Å². The Labute approximate surface area is 163 Å². The number of rotatable bonds is 4. The monoisotopic (exact) mass is 359 g/mol. The van der Waals surface area contributed by atoms with Gasteiger partial charge in [-0.1, -0.05) is 58.0 Å². The van der Waals surface area contributed by atoms with Crippen molar-refractivity contribution in [3.8, 4) is 0 Å². The molecule has 1 aliphatic rings. The van der Waals surface area contributed by atoms with Gasteiger partial charge in [0.05, 0.1) is 6.57 Å². The summed E-state index contributed by atoms with van der Waals surface area (Å²) >= 11 is 0. The van der Waals surface area contributed by atoms with Crippen LogP contribution < -0.4 is 9.80 Å². The number of hydrogen-bond donors (Lipinski definition) is 0. The van der Waals surface area contributed by atoms with Gasteiger partial charge in [-0.2, -0.15) is 0 Å². The van der Waals surface area contributed by atoms with E-state index in [2.05, 4.69) is 86.8 Å². The average molecular weight is 360 g/mol. The van der Waals surface area contributed by atoms with Gasteiger partial charge in [0.2, 0.25) is 0 Å². The third-order valence-electron chi connectivity index (χ3n) is 5.39. The maximum Gasteiger partial charge on any atom is 0.189 e. The minimum absolute atomic E-state index is 0.155. The molecule has 0 unspecified atom stereocenters. The molecule has 1 aliphatic heterocycles. The van der Waals surface area contributed by atoms with Gasteiger partial charge in [0, 0.05) is 23.8 Å². The zero-order chi connectivity index (χ0) is 19.7. The minimum Gasteiger partial charge on any atom is -0.327 e. The van der Waals surface area contributed by atoms with Gasteiger partial charge in [-0.05, 0) is 48.4 Å². The van der Waals surface area contributed by atoms with Gasteiger partial charge >= 0.3 is 0 Å². The Morgan fingerprint density at radius 2 is 1.52 bits per heavy atom. The molecule has 0 saturated heterocycles. The second-order valence-electron chi connectivity index (χ2n) is 7.92. The molecule has 0 saturated carbocycles. The molecule has 3 nitrogen and oxygen atoms in total. The van der Waals surface area contributed by atoms with Crippen molar-refractivity contribution in [2.75, 3.05) is 9.80 Å². The molecule has 1 atom stereocenters. The van der Waals surface area contributed by atoms with E-state index in [4.69, 9.17) is 6.57 Å². The molecule has 2 aromatic rings. The van der Waals surface area contributed by atoms with Crippen molar-refractivity contribution in [2.45, 2.75) is 59.5 Å². The molecule has 0 fully saturated rings. The third kappa shape index (κ3) is 3.45. The zero-order valence-corrected chi connectivity index (χ0v) is 17.2. The number of aryl methyl sites for hydroxylation is 1. The smallest absolute Gasteiger partial charge is 0.189 e. The summed E-state index contributed by atoms with van der Waals surface area (Å²) in [5, 5.41) is 0. The molecule has 0 N–H and O–H groups in total. The minimum atomic E-state index is 0.155. The van der Waals surface area contributed by atoms with Crippen molar-refractivity contribution >= 4 is 17.1 Å². The lowest BCUT2D eigenvalue weighted by molar-refractivity contribution is 0.727. The van der Waals surface area contributed by atoms with Gasteiger partial charge in [0.1, 0.15) is 6.17 Å². The Morgan fingerprint density at radius 3 is 2.07 bits per heavy atom. The van der Waals surface area contributed by atoms with Gasteiger partial charge < -0.3 is 9.80 Å². The summed E-state index contributed by atoms with van der Waals surface area (Å²) in [5.41, 5.74) is 7.05. The van der Waals surface area contributed by atoms with Gasteiger partial charge in [-0.3, -0.25) is 0 Å². The van der Waals surface area contributed by atoms with Crippen LogP contribution in [0.15, 0.2) is 48.8 Å². The highest BCUT2D eigenvalue weighted by atomic mass is 15.4. The Bertz CT molecular complexity index is 876. The average Bonchev–Trinajstić information content (AvgIpc) is 3.02. The van der Waals surface area contributed by atoms with E-state index in [1.165, 1.54) is 22.4 Å². The summed E-state index contributed by atoms with van der Waals surface area (Å²) in [5.74, 6) is 0.918. The Kier molecular flexibility index (Phi) is 5.28. The van der Waals surface area contributed by atoms with Crippen LogP contribution in [0.1, 0.15) is 63.1 Å². The number of para-hydroxylation sites is 1. The highest BCUT2D eigenvalue weighted by Crippen LogP contribution is 2.40. The van der Waals surface area contributed by atoms with E-state index in [1.807, 2.05) is 18.2 Å². The molecule has 0 spiro atoms. The lowest BCUT2D eigenvalue weighted by Crippen LogP contribution is -2.37. The summed E-state index contributed by atoms with van der Waals surface area (Å²) in [6, 6.07) is 12.6. The first-order valence-electron chi connectivity index (χ1n) is 9.71. The van der Waals surface area contributed by atoms with Crippen LogP contribution in [-0.4, -0.2) is 6.17 Å². The highest BCUT2D eigenvalue weighted by Gasteiger charge is 2.29. The van der Waals surface area contributed by atoms with Gasteiger partial charge in [0.15, 0.2) is 5.69 Å². The molecule has 140 valence electrons. The molecular formula is C24H29N3. The summed E-state index contributed by atoms with van der Waals surface area (Å²) < 4.78 is 0. The molecule has 1 heterocycles. The van der Waals surface area contributed by atoms with E-state index in [9.17, 15) is 0 Å². The predicted molar refractivity (Wildman–Crippen MR) is 116 cm³/mol. The van der Waals surface area contributed by atoms with E-state index < -0.39 is 0 Å². The lowest BCUT2D eigenvalue weighted by atomic mass is 9.92. The Balaban J connectivity index is 2.06. The molecule has 3 heteroatoms. The summed E-state index contributed by atoms with van der Waals surface area (Å²) in [6.07, 6.45) is 4.48. The number of nitrogens with zero attached hydrogens (tertiary/aromatic N) is 3. The van der Waals surface area contributed by atoms with E-state index in [-0.39, 0.29) is 6.17 Å². The highest BCUT2D eigenvalue weighted by molar-refractivity contribution is 5.71. The quantitative estimate of drug-likeness (QED) is 0.548. The van der Waals surface area contributed by atoms with Crippen LogP contribution in [0.3, 0.4) is 0 Å². The van der Waals surface area contributed by atoms with E-state index in [0.29, 0.717) is 17.5 Å². The van der Waals surface area contributed by atoms with E-state index in [0.717, 1.165) is 5.69 Å². The van der Waals surface area contributed by atoms with Crippen molar-refractivity contribution in [1.29, 1.82) is 0 Å². The maximum absolute atomic E-state index is 7.33. The van der Waals surface area contributed by atoms with Crippen LogP contribution in [0.5, 0.6) is 0 Å². The zero-order valence-electron chi connectivity index (χ0n) is 17.2. The molecule has 0 bridgehead atoms. The Morgan fingerprint density at radius 1 is 0.926 bits per heavy atom. The van der Waals surface area contributed by atoms with Crippen LogP contribution in [0.25, 0.3) is 4.85 Å². The van der Waals surface area contributed by atoms with E-state index in [1.54, 1.807) is 0 Å². The standard InChI is InChI=1S/C24H29N3/c1-16(2)21-9-8-10-22(17(3)4)24(21)27-14-13-26(19(27)6)23-15-20(25-7)12-11-18(23)5/h8-17,19H,1-6H3/t19-/m1/s1. The predicted octanol–water partition coefficient (Wildman–Crippen LogP) is 6.94. The molecule has 3 rings (SSSR count). The van der Waals surface area contributed by atoms with Crippen LogP contribution in [0.4, 0.5) is 17.1 Å². The van der Waals surface area contributed by atoms with Crippen molar-refractivity contribution in [3.63, 3.8) is 0 Å². The fourth-order valence-corrected chi connectivity index (χ4v) is 3.83. The van der Waals surface area contributed by atoms with Crippen molar-refractivity contribution in [3.05, 3.63) is 76.9 Å². The molecular weight excluding hydrogens is 330 g/mol. The third-order valence-corrected chi connectivity index (χ3v) is 5.39. The fourth-order valence-electron chi connectivity index (χ4n) is 3.83. The molecule has 0 radical (unpaired) electrons. The van der Waals surface area contributed by atoms with Crippen molar-refractivity contribution in [1.82, 2.24) is 0 Å². The Hall–Kier alpha value is -2.73. The number of benzene rings is 2. The van der Waals surface area contributed by atoms with Crippen LogP contribution in [-0.2, 0) is 0 Å². The largest absolute Gasteiger partial charge is 0.327 e. The number of hydrogen-bond acceptors (Lipinski definition) is 2. The lowest BCUT2D eigenvalue weighted by Gasteiger charge is -2.34. The first-order valence-corrected chi connectivity index (χ1v) is 9.71. The van der Waals surface area contributed by atoms with Crippen LogP contribution in [0, 0.1) is 13.5 Å². The first-order chi connectivity index (χ1) is 12.8. The van der Waals surface area contributed by atoms with Crippen molar-refractivity contribution in [2.24, 2.45) is 0 Å². The van der Waals surface area contributed by atoms with E-state index >= 15 is 0 Å².